The minimum Gasteiger partial charge on any atom is -0.368 e. The van der Waals surface area contributed by atoms with E-state index >= 15 is 0 Å². The van der Waals surface area contributed by atoms with Crippen LogP contribution in [0.2, 0.25) is 0 Å². The molecular formula is C16H16N2O2S2. The summed E-state index contributed by atoms with van der Waals surface area (Å²) in [5.74, 6) is 6.00. The molecule has 2 rings (SSSR count). The van der Waals surface area contributed by atoms with Gasteiger partial charge in [-0.25, -0.2) is 0 Å². The molecule has 0 bridgehead atoms. The number of hydrogen-bond acceptors (Lipinski definition) is 3. The van der Waals surface area contributed by atoms with Gasteiger partial charge < -0.3 is 4.90 Å². The molecule has 0 N–H and O–H groups in total. The summed E-state index contributed by atoms with van der Waals surface area (Å²) >= 11 is 1.12. The molecule has 0 amide bonds. The largest absolute Gasteiger partial charge is 0.368 e. The smallest absolute Gasteiger partial charge is 0.293 e. The van der Waals surface area contributed by atoms with E-state index in [9.17, 15) is 8.42 Å². The molecule has 0 radical (unpaired) electrons. The van der Waals surface area contributed by atoms with Gasteiger partial charge in [0.15, 0.2) is 0 Å². The maximum absolute atomic E-state index is 12.0. The summed E-state index contributed by atoms with van der Waals surface area (Å²) in [6, 6.07) is 11.1. The van der Waals surface area contributed by atoms with Crippen LogP contribution in [0.15, 0.2) is 45.0 Å². The van der Waals surface area contributed by atoms with Crippen molar-refractivity contribution in [1.82, 2.24) is 4.90 Å². The van der Waals surface area contributed by atoms with Gasteiger partial charge in [0.25, 0.3) is 10.0 Å². The minimum atomic E-state index is -3.64. The molecule has 0 aliphatic carbocycles. The number of nitrogens with zero attached hydrogens (tertiary/aromatic N) is 2. The molecule has 2 aromatic rings. The minimum absolute atomic E-state index is 0.193. The molecular weight excluding hydrogens is 316 g/mol. The van der Waals surface area contributed by atoms with Crippen LogP contribution in [0.5, 0.6) is 0 Å². The lowest BCUT2D eigenvalue weighted by Gasteiger charge is -2.01. The van der Waals surface area contributed by atoms with Crippen molar-refractivity contribution < 1.29 is 8.42 Å². The highest BCUT2D eigenvalue weighted by molar-refractivity contribution is 7.92. The van der Waals surface area contributed by atoms with Crippen LogP contribution in [0.25, 0.3) is 0 Å². The monoisotopic (exact) mass is 332 g/mol. The predicted octanol–water partition coefficient (Wildman–Crippen LogP) is 2.73. The molecule has 4 nitrogen and oxygen atoms in total. The van der Waals surface area contributed by atoms with Crippen molar-refractivity contribution in [2.75, 3.05) is 14.1 Å². The molecule has 0 atom stereocenters. The fourth-order valence-electron chi connectivity index (χ4n) is 1.50. The van der Waals surface area contributed by atoms with Gasteiger partial charge in [-0.1, -0.05) is 29.5 Å². The number of thiophene rings is 1. The van der Waals surface area contributed by atoms with E-state index in [1.165, 1.54) is 18.0 Å². The Morgan fingerprint density at radius 2 is 1.77 bits per heavy atom. The average molecular weight is 332 g/mol. The molecule has 0 saturated carbocycles. The number of hydrogen-bond donors (Lipinski definition) is 0. The molecule has 6 heteroatoms. The van der Waals surface area contributed by atoms with Gasteiger partial charge in [0.2, 0.25) is 0 Å². The summed E-state index contributed by atoms with van der Waals surface area (Å²) in [6.07, 6.45) is 1.27. The van der Waals surface area contributed by atoms with E-state index in [0.717, 1.165) is 16.9 Å². The SMILES string of the molecule is Cc1ccc(C#Cc2ccc(S(=O)(=O)/N=C/N(C)C)s2)cc1. The first-order chi connectivity index (χ1) is 10.4. The van der Waals surface area contributed by atoms with Crippen molar-refractivity contribution >= 4 is 27.7 Å². The Morgan fingerprint density at radius 1 is 1.09 bits per heavy atom. The van der Waals surface area contributed by atoms with Gasteiger partial charge in [-0.05, 0) is 31.2 Å². The number of benzene rings is 1. The van der Waals surface area contributed by atoms with Crippen molar-refractivity contribution in [2.45, 2.75) is 11.1 Å². The third-order valence-corrected chi connectivity index (χ3v) is 5.33. The molecule has 1 aromatic heterocycles. The highest BCUT2D eigenvalue weighted by Gasteiger charge is 2.14. The van der Waals surface area contributed by atoms with E-state index in [-0.39, 0.29) is 4.21 Å². The number of sulfonamides is 1. The Bertz CT molecular complexity index is 836. The van der Waals surface area contributed by atoms with Gasteiger partial charge in [0.05, 0.1) is 4.88 Å². The second kappa shape index (κ2) is 6.77. The second-order valence-electron chi connectivity index (χ2n) is 4.89. The maximum Gasteiger partial charge on any atom is 0.293 e. The third-order valence-electron chi connectivity index (χ3n) is 2.63. The van der Waals surface area contributed by atoms with Crippen LogP contribution in [-0.4, -0.2) is 33.8 Å². The molecule has 0 saturated heterocycles. The Balaban J connectivity index is 2.21. The second-order valence-corrected chi connectivity index (χ2v) is 7.84. The summed E-state index contributed by atoms with van der Waals surface area (Å²) < 4.78 is 27.8. The lowest BCUT2D eigenvalue weighted by atomic mass is 10.1. The summed E-state index contributed by atoms with van der Waals surface area (Å²) in [4.78, 5) is 2.27. The van der Waals surface area contributed by atoms with Gasteiger partial charge >= 0.3 is 0 Å². The average Bonchev–Trinajstić information content (AvgIpc) is 2.94. The Labute approximate surface area is 135 Å². The zero-order valence-corrected chi connectivity index (χ0v) is 14.2. The molecule has 22 heavy (non-hydrogen) atoms. The first kappa shape index (κ1) is 16.3. The van der Waals surface area contributed by atoms with Crippen molar-refractivity contribution in [3.8, 4) is 11.8 Å². The van der Waals surface area contributed by atoms with E-state index < -0.39 is 10.0 Å². The normalized spacial score (nSPS) is 11.2. The van der Waals surface area contributed by atoms with Gasteiger partial charge in [-0.3, -0.25) is 0 Å². The maximum atomic E-state index is 12.0. The number of rotatable bonds is 3. The van der Waals surface area contributed by atoms with E-state index in [1.54, 1.807) is 25.1 Å². The molecule has 0 spiro atoms. The van der Waals surface area contributed by atoms with E-state index in [1.807, 2.05) is 31.2 Å². The topological polar surface area (TPSA) is 49.7 Å². The van der Waals surface area contributed by atoms with Crippen LogP contribution in [-0.2, 0) is 10.0 Å². The standard InChI is InChI=1S/C16H16N2O2S2/c1-13-4-6-14(7-5-13)8-9-15-10-11-16(21-15)22(19,20)17-12-18(2)3/h4-7,10-12H,1-3H3/b17-12+. The van der Waals surface area contributed by atoms with E-state index in [4.69, 9.17) is 0 Å². The van der Waals surface area contributed by atoms with Crippen molar-refractivity contribution in [2.24, 2.45) is 4.40 Å². The third kappa shape index (κ3) is 4.45. The Hall–Kier alpha value is -2.10. The lowest BCUT2D eigenvalue weighted by molar-refractivity contribution is 0.596. The first-order valence-corrected chi connectivity index (χ1v) is 8.78. The fraction of sp³-hybridized carbons (Fsp3) is 0.188. The van der Waals surface area contributed by atoms with Crippen molar-refractivity contribution in [3.63, 3.8) is 0 Å². The highest BCUT2D eigenvalue weighted by atomic mass is 32.2. The zero-order chi connectivity index (χ0) is 16.2. The van der Waals surface area contributed by atoms with Gasteiger partial charge in [-0.15, -0.1) is 15.7 Å². The summed E-state index contributed by atoms with van der Waals surface area (Å²) in [5.41, 5.74) is 2.07. The summed E-state index contributed by atoms with van der Waals surface area (Å²) in [5, 5.41) is 0. The Kier molecular flexibility index (Phi) is 5.01. The predicted molar refractivity (Wildman–Crippen MR) is 90.8 cm³/mol. The van der Waals surface area contributed by atoms with Crippen LogP contribution in [0.3, 0.4) is 0 Å². The van der Waals surface area contributed by atoms with Gasteiger partial charge in [0, 0.05) is 19.7 Å². The van der Waals surface area contributed by atoms with Crippen LogP contribution in [0, 0.1) is 18.8 Å². The number of aryl methyl sites for hydroxylation is 1. The molecule has 1 heterocycles. The van der Waals surface area contributed by atoms with E-state index in [0.29, 0.717) is 4.88 Å². The fourth-order valence-corrected chi connectivity index (χ4v) is 3.57. The molecule has 0 aliphatic heterocycles. The van der Waals surface area contributed by atoms with Crippen molar-refractivity contribution in [1.29, 1.82) is 0 Å². The molecule has 0 aliphatic rings. The molecule has 0 unspecified atom stereocenters. The Morgan fingerprint density at radius 3 is 2.41 bits per heavy atom. The quantitative estimate of drug-likeness (QED) is 0.493. The van der Waals surface area contributed by atoms with Crippen LogP contribution in [0.1, 0.15) is 16.0 Å². The van der Waals surface area contributed by atoms with Crippen LogP contribution in [0.4, 0.5) is 0 Å². The summed E-state index contributed by atoms with van der Waals surface area (Å²) in [7, 11) is -0.216. The molecule has 114 valence electrons. The van der Waals surface area contributed by atoms with E-state index in [2.05, 4.69) is 16.2 Å². The molecule has 0 fully saturated rings. The lowest BCUT2D eigenvalue weighted by Crippen LogP contribution is -2.09. The van der Waals surface area contributed by atoms with Gasteiger partial charge in [0.1, 0.15) is 10.5 Å². The van der Waals surface area contributed by atoms with Gasteiger partial charge in [-0.2, -0.15) is 8.42 Å². The summed E-state index contributed by atoms with van der Waals surface area (Å²) in [6.45, 7) is 2.02. The van der Waals surface area contributed by atoms with Crippen LogP contribution < -0.4 is 0 Å². The zero-order valence-electron chi connectivity index (χ0n) is 12.6. The van der Waals surface area contributed by atoms with Crippen LogP contribution >= 0.6 is 11.3 Å². The van der Waals surface area contributed by atoms with Crippen molar-refractivity contribution in [3.05, 3.63) is 52.4 Å². The highest BCUT2D eigenvalue weighted by Crippen LogP contribution is 2.22. The molecule has 1 aromatic carbocycles. The first-order valence-electron chi connectivity index (χ1n) is 6.52.